The standard InChI is InChI=1S/C16H21NO6/c18-12(8-4-5-9-13(19)20)14(21)15(22)16(23)17-10-11-6-2-1-3-7-11/h1-3,6-7,14-15,21-22H,4-5,8-10H2,(H,17,23)(H,19,20)/t14-,15+/m0/s1. The van der Waals surface area contributed by atoms with E-state index < -0.39 is 29.9 Å². The summed E-state index contributed by atoms with van der Waals surface area (Å²) in [6.45, 7) is 0.177. The maximum Gasteiger partial charge on any atom is 0.303 e. The number of hydrogen-bond acceptors (Lipinski definition) is 5. The SMILES string of the molecule is O=C(O)CCCCC(=O)[C@H](O)[C@@H](O)C(=O)NCc1ccccc1. The highest BCUT2D eigenvalue weighted by atomic mass is 16.4. The largest absolute Gasteiger partial charge is 0.481 e. The van der Waals surface area contributed by atoms with Gasteiger partial charge in [-0.2, -0.15) is 0 Å². The summed E-state index contributed by atoms with van der Waals surface area (Å²) in [7, 11) is 0. The molecule has 126 valence electrons. The van der Waals surface area contributed by atoms with Gasteiger partial charge in [-0.3, -0.25) is 14.4 Å². The van der Waals surface area contributed by atoms with Crippen LogP contribution in [-0.2, 0) is 20.9 Å². The molecule has 1 aromatic carbocycles. The summed E-state index contributed by atoms with van der Waals surface area (Å²) in [5, 5.41) is 30.3. The second-order valence-electron chi connectivity index (χ2n) is 5.16. The quantitative estimate of drug-likeness (QED) is 0.457. The second kappa shape index (κ2) is 9.70. The third-order valence-electron chi connectivity index (χ3n) is 3.27. The van der Waals surface area contributed by atoms with Gasteiger partial charge in [-0.05, 0) is 18.4 Å². The smallest absolute Gasteiger partial charge is 0.303 e. The summed E-state index contributed by atoms with van der Waals surface area (Å²) >= 11 is 0. The van der Waals surface area contributed by atoms with Gasteiger partial charge in [-0.25, -0.2) is 0 Å². The predicted octanol–water partition coefficient (Wildman–Crippen LogP) is 0.239. The monoisotopic (exact) mass is 323 g/mol. The molecule has 2 atom stereocenters. The molecule has 0 bridgehead atoms. The fraction of sp³-hybridized carbons (Fsp3) is 0.438. The van der Waals surface area contributed by atoms with E-state index in [1.807, 2.05) is 6.07 Å². The van der Waals surface area contributed by atoms with Gasteiger partial charge in [-0.1, -0.05) is 30.3 Å². The van der Waals surface area contributed by atoms with E-state index in [2.05, 4.69) is 5.32 Å². The number of aliphatic carboxylic acids is 1. The molecule has 23 heavy (non-hydrogen) atoms. The maximum atomic E-state index is 11.7. The highest BCUT2D eigenvalue weighted by Gasteiger charge is 2.29. The summed E-state index contributed by atoms with van der Waals surface area (Å²) in [5.41, 5.74) is 0.822. The van der Waals surface area contributed by atoms with Crippen LogP contribution in [-0.4, -0.2) is 45.2 Å². The Hall–Kier alpha value is -2.25. The minimum Gasteiger partial charge on any atom is -0.481 e. The molecule has 7 nitrogen and oxygen atoms in total. The van der Waals surface area contributed by atoms with Crippen LogP contribution in [0.3, 0.4) is 0 Å². The van der Waals surface area contributed by atoms with Crippen LogP contribution in [0.1, 0.15) is 31.2 Å². The number of carboxylic acids is 1. The van der Waals surface area contributed by atoms with E-state index in [1.165, 1.54) is 0 Å². The molecule has 0 unspecified atom stereocenters. The number of carbonyl (C=O) groups is 3. The lowest BCUT2D eigenvalue weighted by Gasteiger charge is -2.16. The Morgan fingerprint density at radius 2 is 1.57 bits per heavy atom. The number of nitrogens with one attached hydrogen (secondary N) is 1. The Morgan fingerprint density at radius 3 is 2.17 bits per heavy atom. The van der Waals surface area contributed by atoms with Gasteiger partial charge in [0.2, 0.25) is 0 Å². The van der Waals surface area contributed by atoms with Crippen LogP contribution in [0.2, 0.25) is 0 Å². The first-order chi connectivity index (χ1) is 10.9. The number of rotatable bonds is 10. The Labute approximate surface area is 133 Å². The minimum atomic E-state index is -1.84. The van der Waals surface area contributed by atoms with E-state index in [0.29, 0.717) is 6.42 Å². The molecular formula is C16H21NO6. The van der Waals surface area contributed by atoms with E-state index in [0.717, 1.165) is 5.56 Å². The lowest BCUT2D eigenvalue weighted by Crippen LogP contribution is -2.45. The van der Waals surface area contributed by atoms with Crippen LogP contribution in [0.4, 0.5) is 0 Å². The fourth-order valence-electron chi connectivity index (χ4n) is 1.93. The first-order valence-electron chi connectivity index (χ1n) is 7.34. The molecule has 0 aromatic heterocycles. The first kappa shape index (κ1) is 18.8. The number of aliphatic hydroxyl groups excluding tert-OH is 2. The van der Waals surface area contributed by atoms with Crippen molar-refractivity contribution >= 4 is 17.7 Å². The third kappa shape index (κ3) is 7.03. The molecule has 1 rings (SSSR count). The summed E-state index contributed by atoms with van der Waals surface area (Å²) in [4.78, 5) is 33.7. The lowest BCUT2D eigenvalue weighted by atomic mass is 10.0. The van der Waals surface area contributed by atoms with E-state index >= 15 is 0 Å². The molecule has 0 heterocycles. The second-order valence-corrected chi connectivity index (χ2v) is 5.16. The van der Waals surface area contributed by atoms with Gasteiger partial charge in [0.1, 0.15) is 6.10 Å². The predicted molar refractivity (Wildman–Crippen MR) is 81.4 cm³/mol. The van der Waals surface area contributed by atoms with Gasteiger partial charge in [-0.15, -0.1) is 0 Å². The van der Waals surface area contributed by atoms with Crippen LogP contribution in [0, 0.1) is 0 Å². The normalized spacial score (nSPS) is 13.1. The molecule has 0 fully saturated rings. The molecule has 1 amide bonds. The highest BCUT2D eigenvalue weighted by Crippen LogP contribution is 2.06. The van der Waals surface area contributed by atoms with E-state index in [9.17, 15) is 24.6 Å². The molecule has 0 aliphatic heterocycles. The molecule has 0 spiro atoms. The molecule has 7 heteroatoms. The van der Waals surface area contributed by atoms with Gasteiger partial charge in [0.15, 0.2) is 11.9 Å². The molecule has 4 N–H and O–H groups in total. The summed E-state index contributed by atoms with van der Waals surface area (Å²) in [6, 6.07) is 9.00. The number of unbranched alkanes of at least 4 members (excludes halogenated alkanes) is 1. The molecule has 0 aliphatic rings. The number of carboxylic acid groups (broad SMARTS) is 1. The number of benzene rings is 1. The molecular weight excluding hydrogens is 302 g/mol. The van der Waals surface area contributed by atoms with Crippen LogP contribution in [0.25, 0.3) is 0 Å². The van der Waals surface area contributed by atoms with Crippen molar-refractivity contribution in [2.24, 2.45) is 0 Å². The zero-order valence-corrected chi connectivity index (χ0v) is 12.6. The van der Waals surface area contributed by atoms with Crippen molar-refractivity contribution in [2.45, 2.75) is 44.4 Å². The van der Waals surface area contributed by atoms with Crippen molar-refractivity contribution in [1.29, 1.82) is 0 Å². The van der Waals surface area contributed by atoms with Crippen molar-refractivity contribution < 1.29 is 29.7 Å². The number of hydrogen-bond donors (Lipinski definition) is 4. The van der Waals surface area contributed by atoms with Crippen molar-refractivity contribution in [3.63, 3.8) is 0 Å². The minimum absolute atomic E-state index is 0.0660. The Kier molecular flexibility index (Phi) is 7.93. The van der Waals surface area contributed by atoms with Crippen LogP contribution in [0.15, 0.2) is 30.3 Å². The van der Waals surface area contributed by atoms with E-state index in [4.69, 9.17) is 5.11 Å². The van der Waals surface area contributed by atoms with Crippen molar-refractivity contribution in [1.82, 2.24) is 5.32 Å². The average molecular weight is 323 g/mol. The van der Waals surface area contributed by atoms with Crippen LogP contribution >= 0.6 is 0 Å². The number of carbonyl (C=O) groups excluding carboxylic acids is 2. The van der Waals surface area contributed by atoms with Crippen LogP contribution < -0.4 is 5.32 Å². The van der Waals surface area contributed by atoms with Crippen molar-refractivity contribution in [2.75, 3.05) is 0 Å². The van der Waals surface area contributed by atoms with E-state index in [-0.39, 0.29) is 25.8 Å². The van der Waals surface area contributed by atoms with Gasteiger partial charge in [0, 0.05) is 19.4 Å². The number of aliphatic hydroxyl groups is 2. The average Bonchev–Trinajstić information content (AvgIpc) is 2.55. The lowest BCUT2D eigenvalue weighted by molar-refractivity contribution is -0.145. The van der Waals surface area contributed by atoms with Gasteiger partial charge < -0.3 is 20.6 Å². The Bertz CT molecular complexity index is 531. The maximum absolute atomic E-state index is 11.7. The number of amides is 1. The van der Waals surface area contributed by atoms with Gasteiger partial charge in [0.05, 0.1) is 0 Å². The van der Waals surface area contributed by atoms with Gasteiger partial charge >= 0.3 is 5.97 Å². The Morgan fingerprint density at radius 1 is 0.957 bits per heavy atom. The van der Waals surface area contributed by atoms with E-state index in [1.54, 1.807) is 24.3 Å². The zero-order valence-electron chi connectivity index (χ0n) is 12.6. The molecule has 0 saturated carbocycles. The number of Topliss-reactive ketones (excluding diaryl/α,β-unsaturated/α-hetero) is 1. The topological polar surface area (TPSA) is 124 Å². The summed E-state index contributed by atoms with van der Waals surface area (Å²) in [5.74, 6) is -2.48. The van der Waals surface area contributed by atoms with Gasteiger partial charge in [0.25, 0.3) is 5.91 Å². The molecule has 0 saturated heterocycles. The molecule has 1 aromatic rings. The van der Waals surface area contributed by atoms with Crippen LogP contribution in [0.5, 0.6) is 0 Å². The number of ketones is 1. The molecule has 0 aliphatic carbocycles. The van der Waals surface area contributed by atoms with Crippen molar-refractivity contribution in [3.8, 4) is 0 Å². The Balaban J connectivity index is 2.35. The fourth-order valence-corrected chi connectivity index (χ4v) is 1.93. The zero-order chi connectivity index (χ0) is 17.2. The highest BCUT2D eigenvalue weighted by molar-refractivity contribution is 5.91. The summed E-state index contributed by atoms with van der Waals surface area (Å²) < 4.78 is 0. The third-order valence-corrected chi connectivity index (χ3v) is 3.27. The van der Waals surface area contributed by atoms with Crippen molar-refractivity contribution in [3.05, 3.63) is 35.9 Å². The molecule has 0 radical (unpaired) electrons. The summed E-state index contributed by atoms with van der Waals surface area (Å²) in [6.07, 6.45) is -3.23. The first-order valence-corrected chi connectivity index (χ1v) is 7.34.